The van der Waals surface area contributed by atoms with Gasteiger partial charge in [-0.15, -0.1) is 9.24 Å². The number of allylic oxidation sites excluding steroid dienone is 5. The van der Waals surface area contributed by atoms with Gasteiger partial charge in [-0.2, -0.15) is 0 Å². The van der Waals surface area contributed by atoms with Gasteiger partial charge in [0.15, 0.2) is 0 Å². The van der Waals surface area contributed by atoms with Crippen LogP contribution < -0.4 is 5.43 Å². The van der Waals surface area contributed by atoms with Crippen molar-refractivity contribution in [1.82, 2.24) is 15.3 Å². The predicted molar refractivity (Wildman–Crippen MR) is 105 cm³/mol. The number of halogens is 1. The number of rotatable bonds is 3. The fourth-order valence-electron chi connectivity index (χ4n) is 2.99. The third kappa shape index (κ3) is 6.33. The van der Waals surface area contributed by atoms with Crippen LogP contribution >= 0.6 is 9.24 Å². The van der Waals surface area contributed by atoms with Gasteiger partial charge < -0.3 is 4.90 Å². The molecule has 144 valence electrons. The van der Waals surface area contributed by atoms with Crippen molar-refractivity contribution in [3.63, 3.8) is 0 Å². The third-order valence-electron chi connectivity index (χ3n) is 4.57. The minimum absolute atomic E-state index is 0.104. The van der Waals surface area contributed by atoms with Crippen LogP contribution in [0.5, 0.6) is 0 Å². The molecule has 1 saturated heterocycles. The van der Waals surface area contributed by atoms with Crippen molar-refractivity contribution in [3.8, 4) is 0 Å². The molecule has 7 heteroatoms. The number of hydrazine groups is 1. The minimum Gasteiger partial charge on any atom is -0.343 e. The molecule has 1 aliphatic heterocycles. The first-order chi connectivity index (χ1) is 12.5. The molecular weight excluding hydrogens is 352 g/mol. The molecule has 2 amide bonds. The predicted octanol–water partition coefficient (Wildman–Crippen LogP) is 2.38. The summed E-state index contributed by atoms with van der Waals surface area (Å²) in [6, 6.07) is 0. The topological polar surface area (TPSA) is 52.6 Å². The molecule has 1 aliphatic carbocycles. The second-order valence-electron chi connectivity index (χ2n) is 6.55. The number of hydrogen-bond donors (Lipinski definition) is 1. The van der Waals surface area contributed by atoms with Gasteiger partial charge in [-0.1, -0.05) is 24.3 Å². The number of carbonyl (C=O) groups is 2. The first-order valence-electron chi connectivity index (χ1n) is 9.26. The molecule has 3 unspecified atom stereocenters. The van der Waals surface area contributed by atoms with E-state index in [1.807, 2.05) is 25.2 Å². The van der Waals surface area contributed by atoms with E-state index in [-0.39, 0.29) is 30.4 Å². The third-order valence-corrected chi connectivity index (χ3v) is 5.01. The quantitative estimate of drug-likeness (QED) is 0.464. The summed E-state index contributed by atoms with van der Waals surface area (Å²) in [5.41, 5.74) is 3.71. The average Bonchev–Trinajstić information content (AvgIpc) is 2.69. The van der Waals surface area contributed by atoms with Gasteiger partial charge in [0, 0.05) is 25.3 Å². The first kappa shape index (κ1) is 20.8. The second kappa shape index (κ2) is 10.6. The molecule has 0 aromatic heterocycles. The van der Waals surface area contributed by atoms with Crippen molar-refractivity contribution in [2.75, 3.05) is 26.2 Å². The normalized spacial score (nSPS) is 29.4. The lowest BCUT2D eigenvalue weighted by Crippen LogP contribution is -2.48. The maximum atomic E-state index is 14.6. The summed E-state index contributed by atoms with van der Waals surface area (Å²) in [6.45, 7) is 3.96. The van der Waals surface area contributed by atoms with Crippen LogP contribution in [0.25, 0.3) is 0 Å². The van der Waals surface area contributed by atoms with E-state index in [1.165, 1.54) is 11.1 Å². The molecule has 1 N–H and O–H groups in total. The summed E-state index contributed by atoms with van der Waals surface area (Å²) >= 11 is 0. The molecule has 0 aromatic rings. The van der Waals surface area contributed by atoms with E-state index in [2.05, 4.69) is 14.7 Å². The van der Waals surface area contributed by atoms with Crippen molar-refractivity contribution in [3.05, 3.63) is 36.0 Å². The number of amides is 2. The SMILES string of the molecule is CCN1CCCCNN(C/C2=C/C/C=C\C(P)C=CC2F)C(=O)CC1=O. The van der Waals surface area contributed by atoms with E-state index < -0.39 is 6.17 Å². The summed E-state index contributed by atoms with van der Waals surface area (Å²) in [5, 5.41) is 1.41. The fourth-order valence-corrected chi connectivity index (χ4v) is 3.27. The smallest absolute Gasteiger partial charge is 0.246 e. The molecule has 26 heavy (non-hydrogen) atoms. The molecule has 0 aromatic carbocycles. The van der Waals surface area contributed by atoms with Gasteiger partial charge in [0.2, 0.25) is 11.8 Å². The van der Waals surface area contributed by atoms with E-state index in [4.69, 9.17) is 0 Å². The van der Waals surface area contributed by atoms with E-state index in [1.54, 1.807) is 11.0 Å². The summed E-state index contributed by atoms with van der Waals surface area (Å²) in [7, 11) is 2.64. The summed E-state index contributed by atoms with van der Waals surface area (Å²) in [6.07, 6.45) is 10.0. The molecule has 0 bridgehead atoms. The maximum absolute atomic E-state index is 14.6. The molecule has 5 nitrogen and oxygen atoms in total. The standard InChI is InChI=1S/C19H29FN3O2P/c1-2-22-12-6-5-11-21-23(19(25)13-18(22)24)14-15-7-3-4-8-16(26)9-10-17(15)20/h4,7-10,16-17,21H,2-3,5-6,11-14,26H2,1H3/b8-4-,10-9?,15-7-. The largest absolute Gasteiger partial charge is 0.343 e. The molecule has 2 rings (SSSR count). The van der Waals surface area contributed by atoms with Crippen LogP contribution in [-0.4, -0.2) is 59.7 Å². The summed E-state index contributed by atoms with van der Waals surface area (Å²) in [4.78, 5) is 26.6. The van der Waals surface area contributed by atoms with Crippen molar-refractivity contribution in [1.29, 1.82) is 0 Å². The van der Waals surface area contributed by atoms with Crippen molar-refractivity contribution >= 4 is 21.1 Å². The molecule has 1 heterocycles. The van der Waals surface area contributed by atoms with Crippen LogP contribution in [0.1, 0.15) is 32.6 Å². The molecule has 0 radical (unpaired) electrons. The number of nitrogens with one attached hydrogen (secondary N) is 1. The summed E-state index contributed by atoms with van der Waals surface area (Å²) in [5.74, 6) is -0.480. The molecule has 0 saturated carbocycles. The Morgan fingerprint density at radius 3 is 2.81 bits per heavy atom. The van der Waals surface area contributed by atoms with Crippen LogP contribution in [0.2, 0.25) is 0 Å². The molecular formula is C19H29FN3O2P. The van der Waals surface area contributed by atoms with Crippen LogP contribution in [0.4, 0.5) is 4.39 Å². The van der Waals surface area contributed by atoms with Gasteiger partial charge in [-0.05, 0) is 37.8 Å². The van der Waals surface area contributed by atoms with Gasteiger partial charge in [0.25, 0.3) is 0 Å². The zero-order valence-corrected chi connectivity index (χ0v) is 16.5. The Bertz CT molecular complexity index is 591. The highest BCUT2D eigenvalue weighted by Gasteiger charge is 2.24. The van der Waals surface area contributed by atoms with E-state index in [0.717, 1.165) is 12.8 Å². The minimum atomic E-state index is -1.24. The Morgan fingerprint density at radius 2 is 2.04 bits per heavy atom. The first-order valence-corrected chi connectivity index (χ1v) is 9.93. The van der Waals surface area contributed by atoms with Gasteiger partial charge in [-0.3, -0.25) is 14.6 Å². The van der Waals surface area contributed by atoms with E-state index >= 15 is 0 Å². The van der Waals surface area contributed by atoms with Gasteiger partial charge in [0.1, 0.15) is 12.6 Å². The number of alkyl halides is 1. The number of hydrogen-bond acceptors (Lipinski definition) is 3. The lowest BCUT2D eigenvalue weighted by atomic mass is 10.1. The van der Waals surface area contributed by atoms with Crippen LogP contribution in [0.15, 0.2) is 36.0 Å². The van der Waals surface area contributed by atoms with Crippen molar-refractivity contribution < 1.29 is 14.0 Å². The van der Waals surface area contributed by atoms with Gasteiger partial charge in [-0.25, -0.2) is 9.82 Å². The van der Waals surface area contributed by atoms with Crippen molar-refractivity contribution in [2.45, 2.75) is 44.4 Å². The van der Waals surface area contributed by atoms with Gasteiger partial charge >= 0.3 is 0 Å². The zero-order chi connectivity index (χ0) is 18.9. The van der Waals surface area contributed by atoms with Crippen LogP contribution in [0.3, 0.4) is 0 Å². The zero-order valence-electron chi connectivity index (χ0n) is 15.4. The molecule has 3 atom stereocenters. The van der Waals surface area contributed by atoms with Gasteiger partial charge in [0.05, 0.1) is 6.54 Å². The highest BCUT2D eigenvalue weighted by molar-refractivity contribution is 7.18. The van der Waals surface area contributed by atoms with Crippen molar-refractivity contribution in [2.24, 2.45) is 0 Å². The number of nitrogens with zero attached hydrogens (tertiary/aromatic N) is 2. The average molecular weight is 381 g/mol. The lowest BCUT2D eigenvalue weighted by molar-refractivity contribution is -0.142. The molecule has 1 fully saturated rings. The fraction of sp³-hybridized carbons (Fsp3) is 0.579. The maximum Gasteiger partial charge on any atom is 0.246 e. The Balaban J connectivity index is 2.11. The molecule has 2 aliphatic rings. The van der Waals surface area contributed by atoms with E-state index in [0.29, 0.717) is 31.6 Å². The van der Waals surface area contributed by atoms with Crippen LogP contribution in [0, 0.1) is 0 Å². The Kier molecular flexibility index (Phi) is 8.46. The highest BCUT2D eigenvalue weighted by atomic mass is 31.0. The van der Waals surface area contributed by atoms with E-state index in [9.17, 15) is 14.0 Å². The Labute approximate surface area is 157 Å². The summed E-state index contributed by atoms with van der Waals surface area (Å²) < 4.78 is 14.6. The Hall–Kier alpha value is -1.52. The highest BCUT2D eigenvalue weighted by Crippen LogP contribution is 2.17. The molecule has 0 spiro atoms. The monoisotopic (exact) mass is 381 g/mol. The Morgan fingerprint density at radius 1 is 1.23 bits per heavy atom. The number of carbonyl (C=O) groups excluding carboxylic acids is 2. The van der Waals surface area contributed by atoms with Crippen LogP contribution in [-0.2, 0) is 9.59 Å². The second-order valence-corrected chi connectivity index (χ2v) is 7.32. The lowest BCUT2D eigenvalue weighted by Gasteiger charge is -2.29.